The van der Waals surface area contributed by atoms with Crippen LogP contribution in [0.1, 0.15) is 33.3 Å². The number of carbonyl (C=O) groups is 1. The first-order chi connectivity index (χ1) is 9.65. The molecule has 1 aromatic rings. The van der Waals surface area contributed by atoms with Gasteiger partial charge in [-0.3, -0.25) is 4.79 Å². The van der Waals surface area contributed by atoms with Gasteiger partial charge in [-0.25, -0.2) is 9.05 Å². The van der Waals surface area contributed by atoms with Gasteiger partial charge in [0, 0.05) is 5.69 Å². The van der Waals surface area contributed by atoms with Gasteiger partial charge < -0.3 is 5.32 Å². The summed E-state index contributed by atoms with van der Waals surface area (Å²) in [6.07, 6.45) is 0. The van der Waals surface area contributed by atoms with Gasteiger partial charge in [0.25, 0.3) is 5.91 Å². The third-order valence-corrected chi connectivity index (χ3v) is 4.13. The van der Waals surface area contributed by atoms with Gasteiger partial charge in [-0.1, -0.05) is 6.07 Å². The van der Waals surface area contributed by atoms with Gasteiger partial charge in [0.05, 0.1) is 11.3 Å². The fourth-order valence-electron chi connectivity index (χ4n) is 1.38. The van der Waals surface area contributed by atoms with Gasteiger partial charge in [0.1, 0.15) is 16.7 Å². The third kappa shape index (κ3) is 4.80. The maximum Gasteiger partial charge on any atom is 0.270 e. The number of nitrogens with one attached hydrogen (secondary N) is 1. The van der Waals surface area contributed by atoms with Crippen LogP contribution in [0.15, 0.2) is 22.6 Å². The highest BCUT2D eigenvalue weighted by Crippen LogP contribution is 2.22. The average Bonchev–Trinajstić information content (AvgIpc) is 2.37. The zero-order valence-electron chi connectivity index (χ0n) is 12.9. The Bertz CT molecular complexity index is 652. The van der Waals surface area contributed by atoms with E-state index in [1.54, 1.807) is 45.9 Å². The molecule has 1 unspecified atom stereocenters. The summed E-state index contributed by atoms with van der Waals surface area (Å²) in [6.45, 7) is 15.7. The Kier molecular flexibility index (Phi) is 5.39. The number of hydrogen-bond donors (Lipinski definition) is 1. The summed E-state index contributed by atoms with van der Waals surface area (Å²) in [7, 11) is -1.47. The lowest BCUT2D eigenvalue weighted by Gasteiger charge is -2.14. The molecule has 0 aromatic heterocycles. The standard InChI is InChI=1S/C15H19N3O2S/c1-10-9-12(7-8-13(10)16-6)17-14(19)11(2)18-21(20)15(3,4)5/h7-9H,1-5H3,(H,17,19). The van der Waals surface area contributed by atoms with Gasteiger partial charge in [0.2, 0.25) is 0 Å². The van der Waals surface area contributed by atoms with E-state index in [-0.39, 0.29) is 5.71 Å². The molecular formula is C15H19N3O2S. The van der Waals surface area contributed by atoms with E-state index >= 15 is 0 Å². The second kappa shape index (κ2) is 6.64. The van der Waals surface area contributed by atoms with Crippen LogP contribution in [-0.4, -0.2) is 20.6 Å². The van der Waals surface area contributed by atoms with Crippen LogP contribution in [0.2, 0.25) is 0 Å². The number of carbonyl (C=O) groups excluding carboxylic acids is 1. The normalized spacial score (nSPS) is 13.4. The average molecular weight is 305 g/mol. The van der Waals surface area contributed by atoms with Gasteiger partial charge in [-0.05, 0) is 52.3 Å². The second-order valence-corrected chi connectivity index (χ2v) is 7.51. The summed E-state index contributed by atoms with van der Waals surface area (Å²) >= 11 is 0. The van der Waals surface area contributed by atoms with Crippen LogP contribution in [0.4, 0.5) is 11.4 Å². The molecule has 6 heteroatoms. The molecule has 0 aliphatic rings. The molecule has 0 bridgehead atoms. The van der Waals surface area contributed by atoms with E-state index in [2.05, 4.69) is 14.6 Å². The summed E-state index contributed by atoms with van der Waals surface area (Å²) in [6, 6.07) is 5.03. The van der Waals surface area contributed by atoms with Crippen molar-refractivity contribution in [1.82, 2.24) is 0 Å². The molecular weight excluding hydrogens is 286 g/mol. The first-order valence-corrected chi connectivity index (χ1v) is 7.52. The number of nitrogens with zero attached hydrogens (tertiary/aromatic N) is 2. The third-order valence-electron chi connectivity index (χ3n) is 2.65. The molecule has 1 rings (SSSR count). The highest BCUT2D eigenvalue weighted by atomic mass is 32.2. The van der Waals surface area contributed by atoms with Crippen molar-refractivity contribution in [3.63, 3.8) is 0 Å². The quantitative estimate of drug-likeness (QED) is 0.687. The highest BCUT2D eigenvalue weighted by Gasteiger charge is 2.20. The maximum atomic E-state index is 12.0. The first kappa shape index (κ1) is 17.1. The SMILES string of the molecule is [C-]#[N+]c1ccc(NC(=O)C(C)=NS(=O)C(C)(C)C)cc1C. The predicted molar refractivity (Wildman–Crippen MR) is 87.1 cm³/mol. The van der Waals surface area contributed by atoms with Crippen LogP contribution in [0.3, 0.4) is 0 Å². The van der Waals surface area contributed by atoms with Crippen molar-refractivity contribution in [1.29, 1.82) is 0 Å². The predicted octanol–water partition coefficient (Wildman–Crippen LogP) is 3.41. The zero-order valence-corrected chi connectivity index (χ0v) is 13.7. The Morgan fingerprint density at radius 2 is 2.00 bits per heavy atom. The van der Waals surface area contributed by atoms with E-state index in [1.165, 1.54) is 6.92 Å². The molecule has 0 aliphatic carbocycles. The van der Waals surface area contributed by atoms with Crippen molar-refractivity contribution in [2.75, 3.05) is 5.32 Å². The molecule has 0 saturated heterocycles. The Morgan fingerprint density at radius 1 is 1.38 bits per heavy atom. The van der Waals surface area contributed by atoms with E-state index in [4.69, 9.17) is 6.57 Å². The van der Waals surface area contributed by atoms with E-state index in [1.807, 2.05) is 0 Å². The lowest BCUT2D eigenvalue weighted by Crippen LogP contribution is -2.25. The second-order valence-electron chi connectivity index (χ2n) is 5.61. The smallest absolute Gasteiger partial charge is 0.270 e. The van der Waals surface area contributed by atoms with Crippen LogP contribution >= 0.6 is 0 Å². The minimum atomic E-state index is -1.47. The lowest BCUT2D eigenvalue weighted by atomic mass is 10.2. The van der Waals surface area contributed by atoms with Crippen LogP contribution in [0.25, 0.3) is 4.85 Å². The molecule has 0 spiro atoms. The summed E-state index contributed by atoms with van der Waals surface area (Å²) in [5.41, 5.74) is 2.08. The fourth-order valence-corrected chi connectivity index (χ4v) is 1.99. The number of anilines is 1. The largest absolute Gasteiger partial charge is 0.321 e. The molecule has 0 radical (unpaired) electrons. The van der Waals surface area contributed by atoms with E-state index < -0.39 is 21.6 Å². The van der Waals surface area contributed by atoms with Crippen LogP contribution in [0.5, 0.6) is 0 Å². The molecule has 1 atom stereocenters. The number of rotatable bonds is 3. The molecule has 0 heterocycles. The fraction of sp³-hybridized carbons (Fsp3) is 0.400. The summed E-state index contributed by atoms with van der Waals surface area (Å²) in [4.78, 5) is 15.4. The van der Waals surface area contributed by atoms with E-state index in [0.29, 0.717) is 11.4 Å². The van der Waals surface area contributed by atoms with Crippen molar-refractivity contribution >= 4 is 34.0 Å². The minimum Gasteiger partial charge on any atom is -0.321 e. The van der Waals surface area contributed by atoms with Crippen molar-refractivity contribution in [2.45, 2.75) is 39.4 Å². The molecule has 1 aromatic carbocycles. The Balaban J connectivity index is 2.87. The molecule has 5 nitrogen and oxygen atoms in total. The van der Waals surface area contributed by atoms with E-state index in [0.717, 1.165) is 5.56 Å². The topological polar surface area (TPSA) is 62.9 Å². The lowest BCUT2D eigenvalue weighted by molar-refractivity contribution is -0.110. The van der Waals surface area contributed by atoms with Gasteiger partial charge in [-0.15, -0.1) is 0 Å². The summed E-state index contributed by atoms with van der Waals surface area (Å²) < 4.78 is 15.3. The monoisotopic (exact) mass is 305 g/mol. The Labute approximate surface area is 127 Å². The highest BCUT2D eigenvalue weighted by molar-refractivity contribution is 7.85. The molecule has 0 saturated carbocycles. The molecule has 112 valence electrons. The molecule has 21 heavy (non-hydrogen) atoms. The zero-order chi connectivity index (χ0) is 16.2. The van der Waals surface area contributed by atoms with Crippen molar-refractivity contribution in [2.24, 2.45) is 4.40 Å². The minimum absolute atomic E-state index is 0.162. The van der Waals surface area contributed by atoms with E-state index in [9.17, 15) is 9.00 Å². The van der Waals surface area contributed by atoms with Gasteiger partial charge >= 0.3 is 0 Å². The molecule has 0 fully saturated rings. The van der Waals surface area contributed by atoms with Gasteiger partial charge in [-0.2, -0.15) is 4.40 Å². The number of benzene rings is 1. The van der Waals surface area contributed by atoms with Crippen molar-refractivity contribution < 1.29 is 9.00 Å². The Morgan fingerprint density at radius 3 is 2.48 bits per heavy atom. The maximum absolute atomic E-state index is 12.0. The van der Waals surface area contributed by atoms with Crippen molar-refractivity contribution in [3.05, 3.63) is 35.2 Å². The molecule has 0 aliphatic heterocycles. The van der Waals surface area contributed by atoms with Crippen LogP contribution in [0, 0.1) is 13.5 Å². The molecule has 1 N–H and O–H groups in total. The van der Waals surface area contributed by atoms with Crippen molar-refractivity contribution in [3.8, 4) is 0 Å². The first-order valence-electron chi connectivity index (χ1n) is 6.42. The van der Waals surface area contributed by atoms with Crippen LogP contribution < -0.4 is 5.32 Å². The number of aryl methyl sites for hydroxylation is 1. The number of hydrogen-bond acceptors (Lipinski definition) is 2. The number of amides is 1. The molecule has 1 amide bonds. The van der Waals surface area contributed by atoms with Gasteiger partial charge in [0.15, 0.2) is 5.69 Å². The van der Waals surface area contributed by atoms with Crippen LogP contribution in [-0.2, 0) is 15.8 Å². The summed E-state index contributed by atoms with van der Waals surface area (Å²) in [5.74, 6) is -0.400. The Hall–Kier alpha value is -2.00. The summed E-state index contributed by atoms with van der Waals surface area (Å²) in [5, 5.41) is 2.68.